The number of carbonyl (C=O) groups is 3. The van der Waals surface area contributed by atoms with Crippen LogP contribution in [0.1, 0.15) is 45.4 Å². The van der Waals surface area contributed by atoms with Crippen molar-refractivity contribution in [2.45, 2.75) is 50.7 Å². The smallest absolute Gasteiger partial charge is 0.303 e. The van der Waals surface area contributed by atoms with Gasteiger partial charge >= 0.3 is 5.97 Å². The number of rotatable bonds is 5. The molecule has 122 valence electrons. The zero-order chi connectivity index (χ0) is 16.1. The Morgan fingerprint density at radius 2 is 2.00 bits per heavy atom. The van der Waals surface area contributed by atoms with E-state index in [0.29, 0.717) is 17.9 Å². The van der Waals surface area contributed by atoms with Gasteiger partial charge in [0.05, 0.1) is 11.7 Å². The van der Waals surface area contributed by atoms with Crippen LogP contribution in [0.5, 0.6) is 0 Å². The third kappa shape index (κ3) is 2.58. The molecule has 5 atom stereocenters. The first-order valence-corrected chi connectivity index (χ1v) is 8.60. The Morgan fingerprint density at radius 3 is 2.50 bits per heavy atom. The highest BCUT2D eigenvalue weighted by atomic mass is 32.2. The monoisotopic (exact) mass is 329 g/mol. The predicted octanol–water partition coefficient (Wildman–Crippen LogP) is 1.01. The first-order chi connectivity index (χ1) is 10.3. The minimum atomic E-state index is -1.74. The first kappa shape index (κ1) is 15.6. The lowest BCUT2D eigenvalue weighted by Crippen LogP contribution is -2.38. The lowest BCUT2D eigenvalue weighted by atomic mass is 9.72. The predicted molar refractivity (Wildman–Crippen MR) is 75.3 cm³/mol. The minimum Gasteiger partial charge on any atom is -0.481 e. The summed E-state index contributed by atoms with van der Waals surface area (Å²) in [6.45, 7) is 1.97. The first-order valence-electron chi connectivity index (χ1n) is 7.47. The van der Waals surface area contributed by atoms with Gasteiger partial charge in [-0.15, -0.1) is 5.06 Å². The second-order valence-electron chi connectivity index (χ2n) is 6.81. The molecule has 3 aliphatic rings. The van der Waals surface area contributed by atoms with E-state index in [2.05, 4.69) is 0 Å². The van der Waals surface area contributed by atoms with Crippen molar-refractivity contribution < 1.29 is 28.0 Å². The molecule has 2 bridgehead atoms. The fraction of sp³-hybridized carbons (Fsp3) is 0.786. The summed E-state index contributed by atoms with van der Waals surface area (Å²) in [4.78, 5) is 34.0. The van der Waals surface area contributed by atoms with Crippen LogP contribution in [0.2, 0.25) is 0 Å². The molecule has 3 fully saturated rings. The number of hydrogen-bond donors (Lipinski definition) is 1. The van der Waals surface area contributed by atoms with Gasteiger partial charge in [0.1, 0.15) is 0 Å². The summed E-state index contributed by atoms with van der Waals surface area (Å²) in [7, 11) is 0. The van der Waals surface area contributed by atoms with E-state index >= 15 is 0 Å². The van der Waals surface area contributed by atoms with E-state index in [4.69, 9.17) is 9.39 Å². The van der Waals surface area contributed by atoms with E-state index < -0.39 is 28.9 Å². The van der Waals surface area contributed by atoms with Crippen molar-refractivity contribution in [2.24, 2.45) is 17.3 Å². The molecule has 5 unspecified atom stereocenters. The van der Waals surface area contributed by atoms with E-state index in [0.717, 1.165) is 6.42 Å². The molecule has 3 rings (SSSR count). The molecule has 1 aliphatic heterocycles. The fourth-order valence-corrected chi connectivity index (χ4v) is 5.54. The molecule has 2 aliphatic carbocycles. The third-order valence-electron chi connectivity index (χ3n) is 5.30. The molecule has 0 radical (unpaired) electrons. The van der Waals surface area contributed by atoms with Gasteiger partial charge in [-0.05, 0) is 36.5 Å². The Hall–Kier alpha value is -1.28. The zero-order valence-electron chi connectivity index (χ0n) is 12.3. The van der Waals surface area contributed by atoms with Gasteiger partial charge in [0.25, 0.3) is 11.8 Å². The molecule has 22 heavy (non-hydrogen) atoms. The number of aliphatic carboxylic acids is 1. The number of hydroxylamine groups is 2. The van der Waals surface area contributed by atoms with Crippen molar-refractivity contribution in [3.05, 3.63) is 0 Å². The summed E-state index contributed by atoms with van der Waals surface area (Å²) in [5, 5.41) is 9.43. The lowest BCUT2D eigenvalue weighted by Gasteiger charge is -2.35. The van der Waals surface area contributed by atoms with Crippen molar-refractivity contribution in [1.82, 2.24) is 5.06 Å². The third-order valence-corrected chi connectivity index (χ3v) is 6.67. The molecular weight excluding hydrogens is 310 g/mol. The highest BCUT2D eigenvalue weighted by Gasteiger charge is 2.55. The number of imide groups is 1. The maximum atomic E-state index is 12.3. The quantitative estimate of drug-likeness (QED) is 0.756. The Labute approximate surface area is 130 Å². The van der Waals surface area contributed by atoms with Crippen molar-refractivity contribution in [1.29, 1.82) is 0 Å². The molecule has 1 N–H and O–H groups in total. The van der Waals surface area contributed by atoms with Gasteiger partial charge in [-0.25, -0.2) is 4.21 Å². The SMILES string of the molecule is CC1(CC(=O)O)CC2CC1CC2S(=O)ON1C(=O)CCC1=O. The standard InChI is InChI=1S/C14H19NO6S/c1-14(7-13(18)19)6-8-4-9(14)5-10(8)22(20)21-15-11(16)2-3-12(15)17/h8-10H,2-7H2,1H3,(H,18,19). The molecule has 1 heterocycles. The summed E-state index contributed by atoms with van der Waals surface area (Å²) >= 11 is -1.74. The molecule has 7 nitrogen and oxygen atoms in total. The fourth-order valence-electron chi connectivity index (χ4n) is 4.20. The molecule has 0 aromatic carbocycles. The van der Waals surface area contributed by atoms with Gasteiger partial charge in [0, 0.05) is 12.8 Å². The van der Waals surface area contributed by atoms with Crippen LogP contribution in [-0.4, -0.2) is 37.4 Å². The molecule has 0 aromatic rings. The topological polar surface area (TPSA) is 101 Å². The summed E-state index contributed by atoms with van der Waals surface area (Å²) in [5.74, 6) is -1.37. The normalized spacial score (nSPS) is 38.8. The van der Waals surface area contributed by atoms with Gasteiger partial charge in [-0.1, -0.05) is 6.92 Å². The Kier molecular flexibility index (Phi) is 3.84. The molecule has 2 amide bonds. The number of carbonyl (C=O) groups excluding carboxylic acids is 2. The van der Waals surface area contributed by atoms with Crippen LogP contribution < -0.4 is 0 Å². The average molecular weight is 329 g/mol. The van der Waals surface area contributed by atoms with E-state index in [1.165, 1.54) is 0 Å². The van der Waals surface area contributed by atoms with Crippen LogP contribution in [0.4, 0.5) is 0 Å². The molecule has 0 spiro atoms. The van der Waals surface area contributed by atoms with Crippen LogP contribution in [0.15, 0.2) is 0 Å². The second kappa shape index (κ2) is 5.42. The van der Waals surface area contributed by atoms with Crippen LogP contribution in [0, 0.1) is 17.3 Å². The van der Waals surface area contributed by atoms with Gasteiger partial charge < -0.3 is 5.11 Å². The van der Waals surface area contributed by atoms with Gasteiger partial charge in [-0.3, -0.25) is 14.4 Å². The Morgan fingerprint density at radius 1 is 1.36 bits per heavy atom. The minimum absolute atomic E-state index is 0.101. The van der Waals surface area contributed by atoms with Crippen molar-refractivity contribution in [2.75, 3.05) is 0 Å². The Bertz CT molecular complexity index is 548. The largest absolute Gasteiger partial charge is 0.481 e. The molecule has 2 saturated carbocycles. The number of hydrogen-bond acceptors (Lipinski definition) is 5. The van der Waals surface area contributed by atoms with E-state index in [-0.39, 0.29) is 41.8 Å². The van der Waals surface area contributed by atoms with Crippen LogP contribution in [0.25, 0.3) is 0 Å². The zero-order valence-corrected chi connectivity index (χ0v) is 13.1. The summed E-state index contributed by atoms with van der Waals surface area (Å²) in [6, 6.07) is 0. The average Bonchev–Trinajstić information content (AvgIpc) is 3.05. The van der Waals surface area contributed by atoms with Crippen LogP contribution in [0.3, 0.4) is 0 Å². The summed E-state index contributed by atoms with van der Waals surface area (Å²) in [5.41, 5.74) is -0.253. The number of fused-ring (bicyclic) bond motifs is 2. The van der Waals surface area contributed by atoms with Crippen molar-refractivity contribution in [3.63, 3.8) is 0 Å². The lowest BCUT2D eigenvalue weighted by molar-refractivity contribution is -0.163. The number of nitrogens with zero attached hydrogens (tertiary/aromatic N) is 1. The summed E-state index contributed by atoms with van der Waals surface area (Å²) < 4.78 is 17.5. The maximum absolute atomic E-state index is 12.3. The summed E-state index contributed by atoms with van der Waals surface area (Å²) in [6.07, 6.45) is 2.48. The van der Waals surface area contributed by atoms with Crippen LogP contribution >= 0.6 is 0 Å². The number of carboxylic acid groups (broad SMARTS) is 1. The van der Waals surface area contributed by atoms with E-state index in [1.54, 1.807) is 0 Å². The van der Waals surface area contributed by atoms with Crippen molar-refractivity contribution >= 4 is 28.9 Å². The number of carboxylic acids is 1. The van der Waals surface area contributed by atoms with Gasteiger partial charge in [-0.2, -0.15) is 4.28 Å². The van der Waals surface area contributed by atoms with Gasteiger partial charge in [0.15, 0.2) is 11.1 Å². The molecular formula is C14H19NO6S. The van der Waals surface area contributed by atoms with Crippen molar-refractivity contribution in [3.8, 4) is 0 Å². The number of amides is 2. The van der Waals surface area contributed by atoms with Crippen LogP contribution in [-0.2, 0) is 29.7 Å². The Balaban J connectivity index is 1.62. The highest BCUT2D eigenvalue weighted by Crippen LogP contribution is 2.58. The highest BCUT2D eigenvalue weighted by molar-refractivity contribution is 7.80. The molecule has 0 aromatic heterocycles. The van der Waals surface area contributed by atoms with E-state index in [1.807, 2.05) is 6.92 Å². The maximum Gasteiger partial charge on any atom is 0.303 e. The molecule has 8 heteroatoms. The van der Waals surface area contributed by atoms with E-state index in [9.17, 15) is 18.6 Å². The van der Waals surface area contributed by atoms with Gasteiger partial charge in [0.2, 0.25) is 0 Å². The second-order valence-corrected chi connectivity index (χ2v) is 8.09. The molecule has 1 saturated heterocycles.